The highest BCUT2D eigenvalue weighted by molar-refractivity contribution is 9.10. The number of aldehydes is 1. The van der Waals surface area contributed by atoms with Crippen molar-refractivity contribution in [2.45, 2.75) is 6.18 Å². The van der Waals surface area contributed by atoms with Crippen molar-refractivity contribution < 1.29 is 22.9 Å². The maximum atomic E-state index is 12.4. The highest BCUT2D eigenvalue weighted by Gasteiger charge is 2.35. The normalized spacial score (nSPS) is 11.2. The number of carbonyl (C=O) groups excluding carboxylic acids is 1. The third kappa shape index (κ3) is 2.38. The van der Waals surface area contributed by atoms with Crippen LogP contribution < -0.4 is 0 Å². The Kier molecular flexibility index (Phi) is 3.32. The summed E-state index contributed by atoms with van der Waals surface area (Å²) in [6.45, 7) is 0. The zero-order valence-electron chi connectivity index (χ0n) is 7.42. The van der Waals surface area contributed by atoms with E-state index in [-0.39, 0.29) is 6.29 Å². The SMILES string of the molecule is O=Cc1cc([N+](=O)[O-])cc(C(F)(F)F)c1Br. The van der Waals surface area contributed by atoms with Crippen molar-refractivity contribution in [3.8, 4) is 0 Å². The maximum Gasteiger partial charge on any atom is 0.417 e. The molecule has 0 saturated carbocycles. The Bertz CT molecular complexity index is 459. The van der Waals surface area contributed by atoms with E-state index in [4.69, 9.17) is 0 Å². The lowest BCUT2D eigenvalue weighted by Crippen LogP contribution is -2.08. The summed E-state index contributed by atoms with van der Waals surface area (Å²) in [5, 5.41) is 10.4. The van der Waals surface area contributed by atoms with Crippen molar-refractivity contribution in [1.82, 2.24) is 0 Å². The summed E-state index contributed by atoms with van der Waals surface area (Å²) >= 11 is 2.59. The van der Waals surface area contributed by atoms with E-state index in [9.17, 15) is 28.1 Å². The number of nitro groups is 1. The van der Waals surface area contributed by atoms with Crippen molar-refractivity contribution in [2.24, 2.45) is 0 Å². The molecule has 0 bridgehead atoms. The minimum atomic E-state index is -4.76. The molecular formula is C8H3BrF3NO3. The Labute approximate surface area is 95.3 Å². The maximum absolute atomic E-state index is 12.4. The van der Waals surface area contributed by atoms with Crippen molar-refractivity contribution in [1.29, 1.82) is 0 Å². The molecule has 0 saturated heterocycles. The summed E-state index contributed by atoms with van der Waals surface area (Å²) < 4.78 is 36.8. The first-order valence-electron chi connectivity index (χ1n) is 3.77. The number of nitrogens with zero attached hydrogens (tertiary/aromatic N) is 1. The number of halogens is 4. The molecule has 86 valence electrons. The second-order valence-electron chi connectivity index (χ2n) is 2.77. The van der Waals surface area contributed by atoms with Gasteiger partial charge in [-0.2, -0.15) is 13.2 Å². The Morgan fingerprint density at radius 3 is 2.31 bits per heavy atom. The van der Waals surface area contributed by atoms with Crippen LogP contribution >= 0.6 is 15.9 Å². The van der Waals surface area contributed by atoms with E-state index in [1.807, 2.05) is 0 Å². The molecule has 0 amide bonds. The third-order valence-electron chi connectivity index (χ3n) is 1.73. The number of hydrogen-bond donors (Lipinski definition) is 0. The molecule has 8 heteroatoms. The lowest BCUT2D eigenvalue weighted by Gasteiger charge is -2.09. The van der Waals surface area contributed by atoms with Crippen molar-refractivity contribution in [3.05, 3.63) is 37.8 Å². The Hall–Kier alpha value is -1.44. The monoisotopic (exact) mass is 297 g/mol. The second-order valence-corrected chi connectivity index (χ2v) is 3.56. The van der Waals surface area contributed by atoms with E-state index in [1.54, 1.807) is 0 Å². The number of non-ortho nitro benzene ring substituents is 1. The molecular weight excluding hydrogens is 295 g/mol. The van der Waals surface area contributed by atoms with Gasteiger partial charge in [-0.25, -0.2) is 0 Å². The van der Waals surface area contributed by atoms with Crippen LogP contribution in [0.3, 0.4) is 0 Å². The van der Waals surface area contributed by atoms with Gasteiger partial charge in [0.2, 0.25) is 0 Å². The summed E-state index contributed by atoms with van der Waals surface area (Å²) in [6, 6.07) is 1.14. The number of carbonyl (C=O) groups is 1. The van der Waals surface area contributed by atoms with Crippen LogP contribution in [0.15, 0.2) is 16.6 Å². The number of benzene rings is 1. The molecule has 1 rings (SSSR count). The first-order chi connectivity index (χ1) is 7.27. The minimum absolute atomic E-state index is 0.117. The largest absolute Gasteiger partial charge is 0.417 e. The highest BCUT2D eigenvalue weighted by atomic mass is 79.9. The van der Waals surface area contributed by atoms with Crippen molar-refractivity contribution in [3.63, 3.8) is 0 Å². The summed E-state index contributed by atoms with van der Waals surface area (Å²) in [5.41, 5.74) is -2.44. The molecule has 16 heavy (non-hydrogen) atoms. The molecule has 0 N–H and O–H groups in total. The fourth-order valence-corrected chi connectivity index (χ4v) is 1.58. The lowest BCUT2D eigenvalue weighted by atomic mass is 10.1. The van der Waals surface area contributed by atoms with Gasteiger partial charge >= 0.3 is 6.18 Å². The van der Waals surface area contributed by atoms with E-state index >= 15 is 0 Å². The summed E-state index contributed by atoms with van der Waals surface area (Å²) in [4.78, 5) is 19.8. The van der Waals surface area contributed by atoms with Crippen molar-refractivity contribution >= 4 is 27.9 Å². The van der Waals surface area contributed by atoms with E-state index < -0.39 is 32.4 Å². The molecule has 0 heterocycles. The molecule has 0 spiro atoms. The van der Waals surface area contributed by atoms with Gasteiger partial charge in [-0.1, -0.05) is 0 Å². The highest BCUT2D eigenvalue weighted by Crippen LogP contribution is 2.38. The first kappa shape index (κ1) is 12.6. The third-order valence-corrected chi connectivity index (χ3v) is 2.61. The summed E-state index contributed by atoms with van der Waals surface area (Å²) in [6.07, 6.45) is -4.64. The first-order valence-corrected chi connectivity index (χ1v) is 4.57. The molecule has 1 aromatic carbocycles. The van der Waals surface area contributed by atoms with Crippen LogP contribution in [0.5, 0.6) is 0 Å². The molecule has 0 aliphatic carbocycles. The fraction of sp³-hybridized carbons (Fsp3) is 0.125. The Morgan fingerprint density at radius 2 is 1.94 bits per heavy atom. The van der Waals surface area contributed by atoms with Crippen LogP contribution in [-0.2, 0) is 6.18 Å². The van der Waals surface area contributed by atoms with Gasteiger partial charge in [-0.15, -0.1) is 0 Å². The Morgan fingerprint density at radius 1 is 1.38 bits per heavy atom. The van der Waals surface area contributed by atoms with Gasteiger partial charge in [0.15, 0.2) is 6.29 Å². The van der Waals surface area contributed by atoms with Crippen LogP contribution in [0, 0.1) is 10.1 Å². The van der Waals surface area contributed by atoms with E-state index in [0.29, 0.717) is 6.07 Å². The number of rotatable bonds is 2. The number of nitro benzene ring substituents is 1. The topological polar surface area (TPSA) is 60.2 Å². The molecule has 0 fully saturated rings. The molecule has 0 aliphatic heterocycles. The average Bonchev–Trinajstić information content (AvgIpc) is 2.15. The molecule has 0 atom stereocenters. The summed E-state index contributed by atoms with van der Waals surface area (Å²) in [5.74, 6) is 0. The zero-order valence-corrected chi connectivity index (χ0v) is 9.00. The van der Waals surface area contributed by atoms with Crippen LogP contribution in [0.1, 0.15) is 15.9 Å². The van der Waals surface area contributed by atoms with E-state index in [1.165, 1.54) is 0 Å². The Balaban J connectivity index is 3.54. The van der Waals surface area contributed by atoms with Gasteiger partial charge in [0.1, 0.15) is 0 Å². The standard InChI is InChI=1S/C8H3BrF3NO3/c9-7-4(3-14)1-5(13(15)16)2-6(7)8(10,11)12/h1-3H. The summed E-state index contributed by atoms with van der Waals surface area (Å²) in [7, 11) is 0. The molecule has 0 unspecified atom stereocenters. The van der Waals surface area contributed by atoms with Crippen molar-refractivity contribution in [2.75, 3.05) is 0 Å². The zero-order chi connectivity index (χ0) is 12.5. The lowest BCUT2D eigenvalue weighted by molar-refractivity contribution is -0.385. The van der Waals surface area contributed by atoms with Gasteiger partial charge in [0.05, 0.1) is 10.5 Å². The smallest absolute Gasteiger partial charge is 0.298 e. The predicted octanol–water partition coefficient (Wildman–Crippen LogP) is 3.19. The quantitative estimate of drug-likeness (QED) is 0.478. The van der Waals surface area contributed by atoms with Gasteiger partial charge in [0, 0.05) is 22.2 Å². The number of alkyl halides is 3. The molecule has 0 aliphatic rings. The fourth-order valence-electron chi connectivity index (χ4n) is 1.03. The molecule has 1 aromatic rings. The van der Waals surface area contributed by atoms with Gasteiger partial charge in [0.25, 0.3) is 5.69 Å². The molecule has 0 radical (unpaired) electrons. The van der Waals surface area contributed by atoms with Crippen LogP contribution in [0.2, 0.25) is 0 Å². The van der Waals surface area contributed by atoms with E-state index in [0.717, 1.165) is 6.07 Å². The van der Waals surface area contributed by atoms with Crippen LogP contribution in [0.25, 0.3) is 0 Å². The van der Waals surface area contributed by atoms with E-state index in [2.05, 4.69) is 15.9 Å². The van der Waals surface area contributed by atoms with Gasteiger partial charge < -0.3 is 0 Å². The van der Waals surface area contributed by atoms with Crippen LogP contribution in [-0.4, -0.2) is 11.2 Å². The number of hydrogen-bond acceptors (Lipinski definition) is 3. The van der Waals surface area contributed by atoms with Gasteiger partial charge in [-0.3, -0.25) is 14.9 Å². The molecule has 4 nitrogen and oxygen atoms in total. The minimum Gasteiger partial charge on any atom is -0.298 e. The van der Waals surface area contributed by atoms with Crippen LogP contribution in [0.4, 0.5) is 18.9 Å². The molecule has 0 aromatic heterocycles. The predicted molar refractivity (Wildman–Crippen MR) is 51.2 cm³/mol. The van der Waals surface area contributed by atoms with Gasteiger partial charge in [-0.05, 0) is 15.9 Å². The average molecular weight is 298 g/mol. The second kappa shape index (κ2) is 4.20.